The van der Waals surface area contributed by atoms with Gasteiger partial charge in [-0.25, -0.2) is 4.79 Å². The lowest BCUT2D eigenvalue weighted by molar-refractivity contribution is -0.179. The average Bonchev–Trinajstić information content (AvgIpc) is 2.57. The Morgan fingerprint density at radius 2 is 2.10 bits per heavy atom. The zero-order chi connectivity index (χ0) is 15.0. The first kappa shape index (κ1) is 14.8. The van der Waals surface area contributed by atoms with E-state index in [-0.39, 0.29) is 12.1 Å². The summed E-state index contributed by atoms with van der Waals surface area (Å²) in [6.45, 7) is 3.73. The Hall–Kier alpha value is -1.56. The van der Waals surface area contributed by atoms with Crippen LogP contribution in [0.3, 0.4) is 0 Å². The Kier molecular flexibility index (Phi) is 3.77. The number of methoxy groups -OCH3 is 1. The van der Waals surface area contributed by atoms with Crippen LogP contribution in [0.5, 0.6) is 0 Å². The number of ether oxygens (including phenoxy) is 3. The van der Waals surface area contributed by atoms with E-state index in [2.05, 4.69) is 0 Å². The number of carbonyl (C=O) groups excluding carboxylic acids is 2. The summed E-state index contributed by atoms with van der Waals surface area (Å²) >= 11 is 0. The maximum absolute atomic E-state index is 11.5. The van der Waals surface area contributed by atoms with Crippen molar-refractivity contribution in [2.75, 3.05) is 20.7 Å². The fraction of sp³-hybridized carbons (Fsp3) is 0.714. The van der Waals surface area contributed by atoms with Crippen LogP contribution in [0, 0.1) is 0 Å². The fourth-order valence-corrected chi connectivity index (χ4v) is 3.08. The van der Waals surface area contributed by atoms with Crippen molar-refractivity contribution in [1.29, 1.82) is 0 Å². The number of hydrogen-bond acceptors (Lipinski definition) is 5. The monoisotopic (exact) mass is 283 g/mol. The minimum absolute atomic E-state index is 0.202. The van der Waals surface area contributed by atoms with Crippen LogP contribution in [0.2, 0.25) is 0 Å². The van der Waals surface area contributed by atoms with Gasteiger partial charge in [0.15, 0.2) is 0 Å². The number of nitrogens with zero attached hydrogens (tertiary/aromatic N) is 1. The van der Waals surface area contributed by atoms with Crippen molar-refractivity contribution in [1.82, 2.24) is 4.90 Å². The van der Waals surface area contributed by atoms with Crippen molar-refractivity contribution >= 4 is 12.1 Å². The largest absolute Gasteiger partial charge is 0.462 e. The standard InChI is InChI=1S/C14H21NO5/c1-10(16)19-11-7-13(2)5-6-14(8-11,20-13)9-15(3)12(17)18-4/h5-6,11H,7-9H2,1-4H3/t11-,13+,14-/m0/s1. The highest BCUT2D eigenvalue weighted by Gasteiger charge is 2.51. The first-order chi connectivity index (χ1) is 9.27. The van der Waals surface area contributed by atoms with Crippen molar-refractivity contribution in [3.63, 3.8) is 0 Å². The molecule has 0 N–H and O–H groups in total. The molecule has 3 atom stereocenters. The van der Waals surface area contributed by atoms with Gasteiger partial charge in [0.1, 0.15) is 11.7 Å². The number of amides is 1. The van der Waals surface area contributed by atoms with Crippen LogP contribution in [0.25, 0.3) is 0 Å². The van der Waals surface area contributed by atoms with Crippen LogP contribution < -0.4 is 0 Å². The van der Waals surface area contributed by atoms with E-state index >= 15 is 0 Å². The Bertz CT molecular complexity index is 449. The van der Waals surface area contributed by atoms with Gasteiger partial charge in [-0.1, -0.05) is 12.2 Å². The maximum Gasteiger partial charge on any atom is 0.409 e. The highest BCUT2D eigenvalue weighted by atomic mass is 16.6. The third-order valence-electron chi connectivity index (χ3n) is 3.71. The Morgan fingerprint density at radius 1 is 1.40 bits per heavy atom. The molecule has 1 saturated heterocycles. The van der Waals surface area contributed by atoms with Crippen LogP contribution in [0.1, 0.15) is 26.7 Å². The summed E-state index contributed by atoms with van der Waals surface area (Å²) in [5.41, 5.74) is -1.06. The van der Waals surface area contributed by atoms with Crippen molar-refractivity contribution in [2.24, 2.45) is 0 Å². The first-order valence-electron chi connectivity index (χ1n) is 6.64. The maximum atomic E-state index is 11.5. The van der Waals surface area contributed by atoms with Crippen molar-refractivity contribution in [2.45, 2.75) is 44.0 Å². The molecule has 20 heavy (non-hydrogen) atoms. The predicted octanol–water partition coefficient (Wildman–Crippen LogP) is 1.49. The average molecular weight is 283 g/mol. The molecule has 1 amide bonds. The van der Waals surface area contributed by atoms with E-state index in [4.69, 9.17) is 14.2 Å². The lowest BCUT2D eigenvalue weighted by Gasteiger charge is -2.43. The molecular formula is C14H21NO5. The van der Waals surface area contributed by atoms with E-state index in [0.717, 1.165) is 0 Å². The minimum atomic E-state index is -0.615. The van der Waals surface area contributed by atoms with Crippen molar-refractivity contribution in [3.8, 4) is 0 Å². The molecular weight excluding hydrogens is 262 g/mol. The van der Waals surface area contributed by atoms with Crippen molar-refractivity contribution < 1.29 is 23.8 Å². The SMILES string of the molecule is COC(=O)N(C)C[C@]12C=C[C@](C)(C[C@H](OC(C)=O)C1)O2. The molecule has 0 unspecified atom stereocenters. The number of hydrogen-bond donors (Lipinski definition) is 0. The van der Waals surface area contributed by atoms with Crippen molar-refractivity contribution in [3.05, 3.63) is 12.2 Å². The molecule has 2 aliphatic rings. The molecule has 0 saturated carbocycles. The van der Waals surface area contributed by atoms with E-state index in [1.807, 2.05) is 19.1 Å². The second-order valence-corrected chi connectivity index (χ2v) is 5.78. The molecule has 2 rings (SSSR count). The van der Waals surface area contributed by atoms with Gasteiger partial charge in [0, 0.05) is 26.8 Å². The topological polar surface area (TPSA) is 65.1 Å². The van der Waals surface area contributed by atoms with E-state index in [1.54, 1.807) is 7.05 Å². The zero-order valence-corrected chi connectivity index (χ0v) is 12.3. The Morgan fingerprint density at radius 3 is 2.70 bits per heavy atom. The summed E-state index contributed by atoms with van der Waals surface area (Å²) in [6, 6.07) is 0. The summed E-state index contributed by atoms with van der Waals surface area (Å²) in [6.07, 6.45) is 4.51. The van der Waals surface area contributed by atoms with Gasteiger partial charge in [-0.15, -0.1) is 0 Å². The van der Waals surface area contributed by atoms with Crippen LogP contribution >= 0.6 is 0 Å². The van der Waals surface area contributed by atoms with Gasteiger partial charge >= 0.3 is 12.1 Å². The third kappa shape index (κ3) is 2.95. The molecule has 0 spiro atoms. The molecule has 2 heterocycles. The van der Waals surface area contributed by atoms with E-state index in [1.165, 1.54) is 18.9 Å². The molecule has 2 aliphatic heterocycles. The fourth-order valence-electron chi connectivity index (χ4n) is 3.08. The number of rotatable bonds is 3. The summed E-state index contributed by atoms with van der Waals surface area (Å²) in [5, 5.41) is 0. The molecule has 0 aromatic heterocycles. The molecule has 112 valence electrons. The minimum Gasteiger partial charge on any atom is -0.462 e. The quantitative estimate of drug-likeness (QED) is 0.580. The number of carbonyl (C=O) groups is 2. The molecule has 0 radical (unpaired) electrons. The van der Waals surface area contributed by atoms with Gasteiger partial charge in [0.2, 0.25) is 0 Å². The number of likely N-dealkylation sites (N-methyl/N-ethyl adjacent to an activating group) is 1. The van der Waals surface area contributed by atoms with Gasteiger partial charge in [0.05, 0.1) is 19.3 Å². The smallest absolute Gasteiger partial charge is 0.409 e. The summed E-state index contributed by atoms with van der Waals surface area (Å²) in [5.74, 6) is -0.295. The summed E-state index contributed by atoms with van der Waals surface area (Å²) in [7, 11) is 3.00. The normalized spacial score (nSPS) is 34.7. The highest BCUT2D eigenvalue weighted by molar-refractivity contribution is 5.67. The highest BCUT2D eigenvalue weighted by Crippen LogP contribution is 2.44. The molecule has 6 heteroatoms. The van der Waals surface area contributed by atoms with E-state index in [0.29, 0.717) is 19.4 Å². The van der Waals surface area contributed by atoms with Gasteiger partial charge < -0.3 is 19.1 Å². The Balaban J connectivity index is 2.11. The van der Waals surface area contributed by atoms with Crippen LogP contribution in [-0.2, 0) is 19.0 Å². The molecule has 0 aromatic rings. The molecule has 1 fully saturated rings. The van der Waals surface area contributed by atoms with E-state index < -0.39 is 17.3 Å². The lowest BCUT2D eigenvalue weighted by Crippen LogP contribution is -2.52. The number of fused-ring (bicyclic) bond motifs is 2. The van der Waals surface area contributed by atoms with Gasteiger partial charge in [0.25, 0.3) is 0 Å². The Labute approximate surface area is 118 Å². The van der Waals surface area contributed by atoms with Crippen LogP contribution in [0.4, 0.5) is 4.79 Å². The van der Waals surface area contributed by atoms with Crippen LogP contribution in [-0.4, -0.2) is 55.0 Å². The number of esters is 1. The molecule has 0 aliphatic carbocycles. The second-order valence-electron chi connectivity index (χ2n) is 5.78. The van der Waals surface area contributed by atoms with E-state index in [9.17, 15) is 9.59 Å². The predicted molar refractivity (Wildman–Crippen MR) is 71.2 cm³/mol. The lowest BCUT2D eigenvalue weighted by atomic mass is 9.89. The first-order valence-corrected chi connectivity index (χ1v) is 6.64. The molecule has 0 aromatic carbocycles. The second kappa shape index (κ2) is 5.09. The summed E-state index contributed by atoms with van der Waals surface area (Å²) < 4.78 is 16.1. The van der Waals surface area contributed by atoms with Gasteiger partial charge in [-0.05, 0) is 6.92 Å². The van der Waals surface area contributed by atoms with Crippen LogP contribution in [0.15, 0.2) is 12.2 Å². The van der Waals surface area contributed by atoms with Gasteiger partial charge in [-0.3, -0.25) is 4.79 Å². The summed E-state index contributed by atoms with van der Waals surface area (Å²) in [4.78, 5) is 24.2. The zero-order valence-electron chi connectivity index (χ0n) is 12.3. The molecule has 2 bridgehead atoms. The van der Waals surface area contributed by atoms with Gasteiger partial charge in [-0.2, -0.15) is 0 Å². The molecule has 6 nitrogen and oxygen atoms in total. The third-order valence-corrected chi connectivity index (χ3v) is 3.71.